The van der Waals surface area contributed by atoms with Crippen molar-refractivity contribution in [3.8, 4) is 5.75 Å². The monoisotopic (exact) mass is 295 g/mol. The van der Waals surface area contributed by atoms with E-state index in [0.717, 1.165) is 41.3 Å². The number of nitrogens with one attached hydrogen (secondary N) is 1. The maximum atomic E-state index is 6.04. The lowest BCUT2D eigenvalue weighted by molar-refractivity contribution is 0.275. The summed E-state index contributed by atoms with van der Waals surface area (Å²) < 4.78 is 5.36. The summed E-state index contributed by atoms with van der Waals surface area (Å²) in [5.41, 5.74) is 1.14. The number of halogens is 1. The fraction of sp³-hybridized carbons (Fsp3) is 0.647. The topological polar surface area (TPSA) is 21.3 Å². The van der Waals surface area contributed by atoms with Gasteiger partial charge >= 0.3 is 0 Å². The van der Waals surface area contributed by atoms with Crippen LogP contribution in [0.5, 0.6) is 5.75 Å². The smallest absolute Gasteiger partial charge is 0.123 e. The highest BCUT2D eigenvalue weighted by Crippen LogP contribution is 2.30. The summed E-state index contributed by atoms with van der Waals surface area (Å²) in [5, 5.41) is 4.29. The second kappa shape index (κ2) is 7.90. The number of rotatable bonds is 6. The van der Waals surface area contributed by atoms with Crippen LogP contribution in [0.25, 0.3) is 0 Å². The minimum Gasteiger partial charge on any atom is -0.496 e. The molecular weight excluding hydrogens is 270 g/mol. The average Bonchev–Trinajstić information content (AvgIpc) is 2.46. The Morgan fingerprint density at radius 1 is 1.25 bits per heavy atom. The molecule has 0 spiro atoms. The van der Waals surface area contributed by atoms with E-state index in [0.29, 0.717) is 0 Å². The van der Waals surface area contributed by atoms with Crippen molar-refractivity contribution >= 4 is 11.6 Å². The lowest BCUT2D eigenvalue weighted by atomic mass is 9.81. The summed E-state index contributed by atoms with van der Waals surface area (Å²) in [5.74, 6) is 2.77. The number of benzene rings is 1. The molecule has 0 heterocycles. The summed E-state index contributed by atoms with van der Waals surface area (Å²) in [4.78, 5) is 0. The van der Waals surface area contributed by atoms with Gasteiger partial charge in [0.25, 0.3) is 0 Å². The summed E-state index contributed by atoms with van der Waals surface area (Å²) in [6, 6.07) is 5.78. The van der Waals surface area contributed by atoms with Crippen molar-refractivity contribution in [3.63, 3.8) is 0 Å². The Morgan fingerprint density at radius 3 is 2.70 bits per heavy atom. The fourth-order valence-electron chi connectivity index (χ4n) is 3.03. The van der Waals surface area contributed by atoms with Crippen LogP contribution in [0, 0.1) is 11.8 Å². The van der Waals surface area contributed by atoms with Gasteiger partial charge in [-0.2, -0.15) is 0 Å². The van der Waals surface area contributed by atoms with E-state index in [1.54, 1.807) is 7.11 Å². The van der Waals surface area contributed by atoms with Crippen molar-refractivity contribution in [1.29, 1.82) is 0 Å². The molecule has 2 rings (SSSR count). The maximum Gasteiger partial charge on any atom is 0.123 e. The van der Waals surface area contributed by atoms with E-state index in [9.17, 15) is 0 Å². The third kappa shape index (κ3) is 4.68. The molecule has 0 atom stereocenters. The van der Waals surface area contributed by atoms with Crippen LogP contribution in [0.3, 0.4) is 0 Å². The maximum absolute atomic E-state index is 6.04. The van der Waals surface area contributed by atoms with E-state index in [2.05, 4.69) is 12.2 Å². The first kappa shape index (κ1) is 15.7. The van der Waals surface area contributed by atoms with Crippen molar-refractivity contribution < 1.29 is 4.74 Å². The lowest BCUT2D eigenvalue weighted by Crippen LogP contribution is -2.20. The standard InChI is InChI=1S/C17H26ClNO/c1-13-3-5-14(6-4-13)9-10-19-12-15-11-16(18)7-8-17(15)20-2/h7-8,11,13-14,19H,3-6,9-10,12H2,1-2H3. The summed E-state index contributed by atoms with van der Waals surface area (Å²) in [6.45, 7) is 4.28. The van der Waals surface area contributed by atoms with Gasteiger partial charge in [0, 0.05) is 17.1 Å². The zero-order chi connectivity index (χ0) is 14.4. The Labute approximate surface area is 127 Å². The molecule has 2 nitrogen and oxygen atoms in total. The molecule has 3 heteroatoms. The normalized spacial score (nSPS) is 22.8. The fourth-order valence-corrected chi connectivity index (χ4v) is 3.23. The molecule has 1 aromatic carbocycles. The van der Waals surface area contributed by atoms with E-state index >= 15 is 0 Å². The zero-order valence-corrected chi connectivity index (χ0v) is 13.4. The van der Waals surface area contributed by atoms with Crippen LogP contribution in [0.15, 0.2) is 18.2 Å². The number of hydrogen-bond acceptors (Lipinski definition) is 2. The molecule has 0 unspecified atom stereocenters. The van der Waals surface area contributed by atoms with Crippen LogP contribution in [-0.4, -0.2) is 13.7 Å². The van der Waals surface area contributed by atoms with Crippen LogP contribution in [0.2, 0.25) is 5.02 Å². The number of hydrogen-bond donors (Lipinski definition) is 1. The highest BCUT2D eigenvalue weighted by molar-refractivity contribution is 6.30. The quantitative estimate of drug-likeness (QED) is 0.771. The highest BCUT2D eigenvalue weighted by Gasteiger charge is 2.17. The first-order chi connectivity index (χ1) is 9.69. The van der Waals surface area contributed by atoms with Gasteiger partial charge in [-0.25, -0.2) is 0 Å². The number of ether oxygens (including phenoxy) is 1. The highest BCUT2D eigenvalue weighted by atomic mass is 35.5. The Bertz CT molecular complexity index is 413. The van der Waals surface area contributed by atoms with Crippen LogP contribution < -0.4 is 10.1 Å². The average molecular weight is 296 g/mol. The predicted molar refractivity (Wildman–Crippen MR) is 85.4 cm³/mol. The largest absolute Gasteiger partial charge is 0.496 e. The molecule has 0 bridgehead atoms. The zero-order valence-electron chi connectivity index (χ0n) is 12.6. The predicted octanol–water partition coefficient (Wildman–Crippen LogP) is 4.65. The molecule has 112 valence electrons. The van der Waals surface area contributed by atoms with Gasteiger partial charge in [0.15, 0.2) is 0 Å². The van der Waals surface area contributed by atoms with Gasteiger partial charge < -0.3 is 10.1 Å². The van der Waals surface area contributed by atoms with Gasteiger partial charge in [-0.3, -0.25) is 0 Å². The minimum atomic E-state index is 0.767. The number of methoxy groups -OCH3 is 1. The molecule has 1 N–H and O–H groups in total. The summed E-state index contributed by atoms with van der Waals surface area (Å²) >= 11 is 6.04. The molecule has 20 heavy (non-hydrogen) atoms. The van der Waals surface area contributed by atoms with E-state index in [4.69, 9.17) is 16.3 Å². The van der Waals surface area contributed by atoms with Crippen LogP contribution in [0.4, 0.5) is 0 Å². The van der Waals surface area contributed by atoms with Crippen molar-refractivity contribution in [2.45, 2.75) is 45.6 Å². The van der Waals surface area contributed by atoms with Crippen LogP contribution >= 0.6 is 11.6 Å². The van der Waals surface area contributed by atoms with Crippen LogP contribution in [-0.2, 0) is 6.54 Å². The van der Waals surface area contributed by atoms with Crippen LogP contribution in [0.1, 0.15) is 44.6 Å². The van der Waals surface area contributed by atoms with Gasteiger partial charge in [-0.05, 0) is 43.0 Å². The molecular formula is C17H26ClNO. The minimum absolute atomic E-state index is 0.767. The van der Waals surface area contributed by atoms with Crippen molar-refractivity contribution in [1.82, 2.24) is 5.32 Å². The third-order valence-corrected chi connectivity index (χ3v) is 4.66. The van der Waals surface area contributed by atoms with E-state index in [1.807, 2.05) is 18.2 Å². The van der Waals surface area contributed by atoms with E-state index in [-0.39, 0.29) is 0 Å². The molecule has 1 saturated carbocycles. The molecule has 1 aromatic rings. The molecule has 0 aromatic heterocycles. The van der Waals surface area contributed by atoms with Gasteiger partial charge in [-0.15, -0.1) is 0 Å². The van der Waals surface area contributed by atoms with Gasteiger partial charge in [0.1, 0.15) is 5.75 Å². The third-order valence-electron chi connectivity index (χ3n) is 4.42. The molecule has 0 saturated heterocycles. The second-order valence-electron chi connectivity index (χ2n) is 6.05. The lowest BCUT2D eigenvalue weighted by Gasteiger charge is -2.26. The Kier molecular flexibility index (Phi) is 6.18. The first-order valence-corrected chi connectivity index (χ1v) is 8.10. The van der Waals surface area contributed by atoms with Gasteiger partial charge in [0.05, 0.1) is 7.11 Å². The van der Waals surface area contributed by atoms with E-state index < -0.39 is 0 Å². The summed E-state index contributed by atoms with van der Waals surface area (Å²) in [6.07, 6.45) is 6.92. The molecule has 0 aliphatic heterocycles. The Hall–Kier alpha value is -0.730. The molecule has 0 radical (unpaired) electrons. The second-order valence-corrected chi connectivity index (χ2v) is 6.48. The van der Waals surface area contributed by atoms with Crippen molar-refractivity contribution in [3.05, 3.63) is 28.8 Å². The molecule has 1 aliphatic rings. The van der Waals surface area contributed by atoms with E-state index in [1.165, 1.54) is 32.1 Å². The molecule has 1 fully saturated rings. The SMILES string of the molecule is COc1ccc(Cl)cc1CNCCC1CCC(C)CC1. The van der Waals surface area contributed by atoms with Gasteiger partial charge in [-0.1, -0.05) is 44.2 Å². The summed E-state index contributed by atoms with van der Waals surface area (Å²) in [7, 11) is 1.70. The first-order valence-electron chi connectivity index (χ1n) is 7.72. The Balaban J connectivity index is 1.72. The molecule has 1 aliphatic carbocycles. The Morgan fingerprint density at radius 2 is 2.00 bits per heavy atom. The van der Waals surface area contributed by atoms with Crippen molar-refractivity contribution in [2.75, 3.05) is 13.7 Å². The molecule has 0 amide bonds. The van der Waals surface area contributed by atoms with Gasteiger partial charge in [0.2, 0.25) is 0 Å². The van der Waals surface area contributed by atoms with Crippen molar-refractivity contribution in [2.24, 2.45) is 11.8 Å².